The highest BCUT2D eigenvalue weighted by Crippen LogP contribution is 2.36. The van der Waals surface area contributed by atoms with Gasteiger partial charge in [0.2, 0.25) is 5.91 Å². The van der Waals surface area contributed by atoms with Crippen LogP contribution in [0.2, 0.25) is 0 Å². The molecule has 0 radical (unpaired) electrons. The van der Waals surface area contributed by atoms with Crippen molar-refractivity contribution in [3.05, 3.63) is 41.3 Å². The van der Waals surface area contributed by atoms with Crippen LogP contribution in [0.5, 0.6) is 0 Å². The summed E-state index contributed by atoms with van der Waals surface area (Å²) in [7, 11) is 0. The van der Waals surface area contributed by atoms with Crippen molar-refractivity contribution in [1.82, 2.24) is 5.32 Å². The fourth-order valence-corrected chi connectivity index (χ4v) is 4.00. The molecule has 0 saturated carbocycles. The minimum atomic E-state index is -1.02. The third kappa shape index (κ3) is 8.34. The van der Waals surface area contributed by atoms with Gasteiger partial charge in [0.1, 0.15) is 10.6 Å². The number of carbonyl (C=O) groups excluding carboxylic acids is 4. The lowest BCUT2D eigenvalue weighted by Crippen LogP contribution is -2.30. The number of nitrogens with one attached hydrogen (secondary N) is 2. The van der Waals surface area contributed by atoms with E-state index < -0.39 is 23.9 Å². The molecule has 0 saturated heterocycles. The van der Waals surface area contributed by atoms with E-state index in [1.165, 1.54) is 25.2 Å². The lowest BCUT2D eigenvalue weighted by Gasteiger charge is -2.14. The molecule has 0 aliphatic heterocycles. The average Bonchev–Trinajstić information content (AvgIpc) is 3.20. The number of amides is 2. The largest absolute Gasteiger partial charge is 0.462 e. The number of carbonyl (C=O) groups is 4. The lowest BCUT2D eigenvalue weighted by atomic mass is 10.0. The molecule has 1 atom stereocenters. The number of benzene rings is 1. The van der Waals surface area contributed by atoms with E-state index in [9.17, 15) is 19.2 Å². The van der Waals surface area contributed by atoms with Crippen LogP contribution in [0, 0.1) is 0 Å². The van der Waals surface area contributed by atoms with Gasteiger partial charge < -0.3 is 20.1 Å². The number of esters is 2. The van der Waals surface area contributed by atoms with Gasteiger partial charge >= 0.3 is 11.9 Å². The van der Waals surface area contributed by atoms with Gasteiger partial charge in [0, 0.05) is 30.8 Å². The summed E-state index contributed by atoms with van der Waals surface area (Å²) in [4.78, 5) is 48.1. The average molecular weight is 475 g/mol. The fourth-order valence-electron chi connectivity index (χ4n) is 3.04. The van der Waals surface area contributed by atoms with Crippen molar-refractivity contribution in [2.75, 3.05) is 18.5 Å². The van der Waals surface area contributed by atoms with E-state index in [4.69, 9.17) is 9.47 Å². The van der Waals surface area contributed by atoms with Crippen molar-refractivity contribution in [2.45, 2.75) is 52.6 Å². The third-order valence-corrected chi connectivity index (χ3v) is 5.60. The zero-order valence-corrected chi connectivity index (χ0v) is 20.0. The second kappa shape index (κ2) is 13.4. The molecule has 1 aromatic heterocycles. The quantitative estimate of drug-likeness (QED) is 0.353. The van der Waals surface area contributed by atoms with Crippen molar-refractivity contribution < 1.29 is 28.7 Å². The molecule has 0 aliphatic rings. The number of ether oxygens (including phenoxy) is 2. The molecule has 8 nitrogen and oxygen atoms in total. The highest BCUT2D eigenvalue weighted by molar-refractivity contribution is 7.15. The highest BCUT2D eigenvalue weighted by atomic mass is 32.1. The van der Waals surface area contributed by atoms with Gasteiger partial charge in [-0.25, -0.2) is 4.79 Å². The molecule has 0 bridgehead atoms. The van der Waals surface area contributed by atoms with Crippen molar-refractivity contribution in [2.24, 2.45) is 0 Å². The number of hydrogen-bond donors (Lipinski definition) is 2. The Morgan fingerprint density at radius 3 is 2.45 bits per heavy atom. The molecule has 178 valence electrons. The zero-order valence-electron chi connectivity index (χ0n) is 19.1. The Labute approximate surface area is 197 Å². The first kappa shape index (κ1) is 26.1. The van der Waals surface area contributed by atoms with Crippen LogP contribution in [-0.2, 0) is 23.9 Å². The molecule has 9 heteroatoms. The van der Waals surface area contributed by atoms with Gasteiger partial charge in [-0.1, -0.05) is 36.8 Å². The van der Waals surface area contributed by atoms with Crippen LogP contribution in [0.1, 0.15) is 56.8 Å². The number of unbranched alkanes of at least 4 members (excludes halogenated alkanes) is 2. The monoisotopic (exact) mass is 474 g/mol. The van der Waals surface area contributed by atoms with Crippen molar-refractivity contribution in [1.29, 1.82) is 0 Å². The first-order valence-corrected chi connectivity index (χ1v) is 11.8. The molecule has 33 heavy (non-hydrogen) atoms. The first-order valence-electron chi connectivity index (χ1n) is 10.9. The van der Waals surface area contributed by atoms with Crippen LogP contribution >= 0.6 is 11.3 Å². The van der Waals surface area contributed by atoms with E-state index in [1.54, 1.807) is 12.3 Å². The minimum absolute atomic E-state index is 0.0815. The van der Waals surface area contributed by atoms with Crippen molar-refractivity contribution >= 4 is 40.1 Å². The summed E-state index contributed by atoms with van der Waals surface area (Å²) in [5.74, 6) is -1.61. The maximum atomic E-state index is 12.6. The first-order chi connectivity index (χ1) is 15.8. The van der Waals surface area contributed by atoms with E-state index in [0.717, 1.165) is 18.4 Å². The molecular formula is C24H30N2O6S. The zero-order chi connectivity index (χ0) is 24.2. The van der Waals surface area contributed by atoms with Gasteiger partial charge in [-0.05, 0) is 32.3 Å². The second-order valence-electron chi connectivity index (χ2n) is 7.35. The summed E-state index contributed by atoms with van der Waals surface area (Å²) in [5, 5.41) is 7.53. The summed E-state index contributed by atoms with van der Waals surface area (Å²) >= 11 is 1.21. The Bertz CT molecular complexity index is 957. The van der Waals surface area contributed by atoms with E-state index in [1.807, 2.05) is 30.3 Å². The Kier molecular flexibility index (Phi) is 10.6. The number of hydrogen-bond acceptors (Lipinski definition) is 7. The molecule has 0 spiro atoms. The Hall–Kier alpha value is -3.20. The molecule has 1 unspecified atom stereocenters. The van der Waals surface area contributed by atoms with E-state index in [2.05, 4.69) is 10.6 Å². The van der Waals surface area contributed by atoms with E-state index >= 15 is 0 Å². The van der Waals surface area contributed by atoms with Crippen LogP contribution in [0.4, 0.5) is 5.00 Å². The molecule has 2 rings (SSSR count). The van der Waals surface area contributed by atoms with Gasteiger partial charge in [-0.2, -0.15) is 0 Å². The van der Waals surface area contributed by atoms with Crippen molar-refractivity contribution in [3.8, 4) is 11.1 Å². The van der Waals surface area contributed by atoms with Crippen molar-refractivity contribution in [3.63, 3.8) is 0 Å². The summed E-state index contributed by atoms with van der Waals surface area (Å²) in [6.07, 6.45) is 1.29. The van der Waals surface area contributed by atoms with Crippen LogP contribution in [0.25, 0.3) is 11.1 Å². The maximum Gasteiger partial charge on any atom is 0.341 e. The van der Waals surface area contributed by atoms with Gasteiger partial charge in [-0.15, -0.1) is 11.3 Å². The predicted molar refractivity (Wildman–Crippen MR) is 127 cm³/mol. The molecule has 2 amide bonds. The third-order valence-electron chi connectivity index (χ3n) is 4.70. The molecule has 1 heterocycles. The van der Waals surface area contributed by atoms with Crippen LogP contribution < -0.4 is 10.6 Å². The number of thiophene rings is 1. The van der Waals surface area contributed by atoms with Crippen LogP contribution in [0.3, 0.4) is 0 Å². The Morgan fingerprint density at radius 1 is 1.06 bits per heavy atom. The Balaban J connectivity index is 1.95. The predicted octanol–water partition coefficient (Wildman–Crippen LogP) is 4.16. The van der Waals surface area contributed by atoms with Gasteiger partial charge in [-0.3, -0.25) is 14.4 Å². The molecule has 0 aliphatic carbocycles. The standard InChI is InChI=1S/C24H30N2O6S/c1-4-31-24(30)21-19(18-11-7-5-8-12-18)15-33-23(21)26-22(29)16(2)32-20(28)13-9-6-10-14-25-17(3)27/h5,7-8,11-12,15-16H,4,6,9-10,13-14H2,1-3H3,(H,25,27)(H,26,29). The molecule has 1 aromatic carbocycles. The molecule has 2 N–H and O–H groups in total. The van der Waals surface area contributed by atoms with Gasteiger partial charge in [0.25, 0.3) is 5.91 Å². The number of anilines is 1. The topological polar surface area (TPSA) is 111 Å². The Morgan fingerprint density at radius 2 is 1.79 bits per heavy atom. The maximum absolute atomic E-state index is 12.6. The summed E-state index contributed by atoms with van der Waals surface area (Å²) in [6, 6.07) is 9.35. The summed E-state index contributed by atoms with van der Waals surface area (Å²) < 4.78 is 10.4. The smallest absolute Gasteiger partial charge is 0.341 e. The van der Waals surface area contributed by atoms with Crippen LogP contribution in [-0.4, -0.2) is 43.0 Å². The van der Waals surface area contributed by atoms with E-state index in [-0.39, 0.29) is 24.5 Å². The summed E-state index contributed by atoms with van der Waals surface area (Å²) in [6.45, 7) is 5.43. The molecule has 0 fully saturated rings. The summed E-state index contributed by atoms with van der Waals surface area (Å²) in [5.41, 5.74) is 1.77. The number of rotatable bonds is 12. The van der Waals surface area contributed by atoms with Gasteiger partial charge in [0.15, 0.2) is 6.10 Å². The van der Waals surface area contributed by atoms with Gasteiger partial charge in [0.05, 0.1) is 6.61 Å². The normalized spacial score (nSPS) is 11.4. The highest BCUT2D eigenvalue weighted by Gasteiger charge is 2.25. The fraction of sp³-hybridized carbons (Fsp3) is 0.417. The molecule has 2 aromatic rings. The SMILES string of the molecule is CCOC(=O)c1c(-c2ccccc2)csc1NC(=O)C(C)OC(=O)CCCCCNC(C)=O. The van der Waals surface area contributed by atoms with E-state index in [0.29, 0.717) is 23.5 Å². The second-order valence-corrected chi connectivity index (χ2v) is 8.23. The lowest BCUT2D eigenvalue weighted by molar-refractivity contribution is -0.153. The van der Waals surface area contributed by atoms with Crippen LogP contribution in [0.15, 0.2) is 35.7 Å². The molecular weight excluding hydrogens is 444 g/mol. The minimum Gasteiger partial charge on any atom is -0.462 e.